The van der Waals surface area contributed by atoms with Crippen LogP contribution < -0.4 is 4.90 Å². The Morgan fingerprint density at radius 2 is 1.67 bits per heavy atom. The van der Waals surface area contributed by atoms with Crippen LogP contribution in [0.25, 0.3) is 23.2 Å². The van der Waals surface area contributed by atoms with Gasteiger partial charge in [-0.1, -0.05) is 54.6 Å². The van der Waals surface area contributed by atoms with Crippen molar-refractivity contribution in [3.8, 4) is 11.5 Å². The Morgan fingerprint density at radius 3 is 2.53 bits per heavy atom. The predicted octanol–water partition coefficient (Wildman–Crippen LogP) is 5.37. The third-order valence-corrected chi connectivity index (χ3v) is 5.78. The summed E-state index contributed by atoms with van der Waals surface area (Å²) in [5, 5.41) is 8.50. The molecular weight excluding hydrogens is 370 g/mol. The zero-order valence-corrected chi connectivity index (χ0v) is 16.5. The highest BCUT2D eigenvalue weighted by Gasteiger charge is 2.27. The molecule has 1 aliphatic heterocycles. The van der Waals surface area contributed by atoms with Gasteiger partial charge in [-0.05, 0) is 53.8 Å². The first kappa shape index (κ1) is 17.2. The molecule has 1 aliphatic carbocycles. The Labute approximate surface area is 175 Å². The van der Waals surface area contributed by atoms with Gasteiger partial charge in [-0.25, -0.2) is 4.98 Å². The number of pyridine rings is 1. The maximum absolute atomic E-state index is 5.01. The third-order valence-electron chi connectivity index (χ3n) is 5.78. The maximum atomic E-state index is 5.01. The Morgan fingerprint density at radius 1 is 0.833 bits per heavy atom. The summed E-state index contributed by atoms with van der Waals surface area (Å²) in [5.41, 5.74) is 5.76. The van der Waals surface area contributed by atoms with Gasteiger partial charge in [-0.2, -0.15) is 0 Å². The predicted molar refractivity (Wildman–Crippen MR) is 119 cm³/mol. The highest BCUT2D eigenvalue weighted by atomic mass is 15.3. The van der Waals surface area contributed by atoms with E-state index >= 15 is 0 Å². The van der Waals surface area contributed by atoms with Crippen LogP contribution in [-0.2, 0) is 0 Å². The average molecular weight is 391 g/mol. The molecule has 2 aromatic heterocycles. The molecule has 6 rings (SSSR count). The minimum Gasteiger partial charge on any atom is -0.321 e. The van der Waals surface area contributed by atoms with Gasteiger partial charge >= 0.3 is 0 Å². The first-order chi connectivity index (χ1) is 14.9. The van der Waals surface area contributed by atoms with Gasteiger partial charge in [-0.15, -0.1) is 10.2 Å². The molecule has 1 fully saturated rings. The lowest BCUT2D eigenvalue weighted by Crippen LogP contribution is -2.24. The van der Waals surface area contributed by atoms with Crippen molar-refractivity contribution in [2.75, 3.05) is 11.4 Å². The van der Waals surface area contributed by atoms with E-state index in [4.69, 9.17) is 4.98 Å². The zero-order valence-electron chi connectivity index (χ0n) is 16.5. The highest BCUT2D eigenvalue weighted by molar-refractivity contribution is 5.93. The number of para-hydroxylation sites is 1. The van der Waals surface area contributed by atoms with Crippen molar-refractivity contribution in [2.24, 2.45) is 0 Å². The molecule has 0 amide bonds. The maximum Gasteiger partial charge on any atom is 0.182 e. The fourth-order valence-corrected chi connectivity index (χ4v) is 4.12. The van der Waals surface area contributed by atoms with Crippen molar-refractivity contribution in [2.45, 2.75) is 18.9 Å². The minimum atomic E-state index is 0.517. The second-order valence-corrected chi connectivity index (χ2v) is 7.85. The molecule has 0 N–H and O–H groups in total. The molecule has 2 aliphatic rings. The summed E-state index contributed by atoms with van der Waals surface area (Å²) in [6, 6.07) is 25.7. The molecule has 0 unspecified atom stereocenters. The van der Waals surface area contributed by atoms with Crippen molar-refractivity contribution >= 4 is 23.2 Å². The molecule has 3 heterocycles. The number of rotatable bonds is 4. The lowest BCUT2D eigenvalue weighted by molar-refractivity contribution is 0.743. The SMILES string of the molecule is C1=C(c2ccccc2)CN(c2cccc(-c3nncn3C3CC3)n2)c2ccccc21. The van der Waals surface area contributed by atoms with Gasteiger partial charge in [0.25, 0.3) is 0 Å². The van der Waals surface area contributed by atoms with Gasteiger partial charge in [0.15, 0.2) is 5.82 Å². The second-order valence-electron chi connectivity index (χ2n) is 7.85. The van der Waals surface area contributed by atoms with Crippen LogP contribution in [0.5, 0.6) is 0 Å². The monoisotopic (exact) mass is 391 g/mol. The van der Waals surface area contributed by atoms with E-state index in [-0.39, 0.29) is 0 Å². The number of hydrogen-bond acceptors (Lipinski definition) is 4. The molecule has 0 saturated heterocycles. The lowest BCUT2D eigenvalue weighted by atomic mass is 9.97. The van der Waals surface area contributed by atoms with Crippen molar-refractivity contribution in [1.29, 1.82) is 0 Å². The molecule has 1 saturated carbocycles. The molecule has 2 aromatic carbocycles. The highest BCUT2D eigenvalue weighted by Crippen LogP contribution is 2.39. The van der Waals surface area contributed by atoms with Crippen LogP contribution in [0, 0.1) is 0 Å². The molecule has 5 nitrogen and oxygen atoms in total. The average Bonchev–Trinajstić information content (AvgIpc) is 3.55. The zero-order chi connectivity index (χ0) is 19.9. The van der Waals surface area contributed by atoms with Crippen LogP contribution in [0.1, 0.15) is 30.0 Å². The molecule has 5 heteroatoms. The number of nitrogens with zero attached hydrogens (tertiary/aromatic N) is 5. The number of anilines is 2. The summed E-state index contributed by atoms with van der Waals surface area (Å²) < 4.78 is 2.16. The molecule has 0 radical (unpaired) electrons. The summed E-state index contributed by atoms with van der Waals surface area (Å²) in [6.45, 7) is 0.771. The summed E-state index contributed by atoms with van der Waals surface area (Å²) >= 11 is 0. The molecule has 0 bridgehead atoms. The Balaban J connectivity index is 1.43. The number of hydrogen-bond donors (Lipinski definition) is 0. The largest absolute Gasteiger partial charge is 0.321 e. The molecule has 30 heavy (non-hydrogen) atoms. The fourth-order valence-electron chi connectivity index (χ4n) is 4.12. The van der Waals surface area contributed by atoms with E-state index in [1.165, 1.54) is 35.2 Å². The van der Waals surface area contributed by atoms with Crippen LogP contribution in [0.2, 0.25) is 0 Å². The minimum absolute atomic E-state index is 0.517. The standard InChI is InChI=1S/C25H21N5/c1-2-7-18(8-3-1)20-15-19-9-4-5-11-23(19)29(16-20)24-12-6-10-22(27-24)25-28-26-17-30(25)21-13-14-21/h1-12,15,17,21H,13-14,16H2. The van der Waals surface area contributed by atoms with Crippen LogP contribution >= 0.6 is 0 Å². The summed E-state index contributed by atoms with van der Waals surface area (Å²) in [5.74, 6) is 1.77. The fraction of sp³-hybridized carbons (Fsp3) is 0.160. The number of benzene rings is 2. The third kappa shape index (κ3) is 2.99. The summed E-state index contributed by atoms with van der Waals surface area (Å²) in [4.78, 5) is 7.30. The van der Waals surface area contributed by atoms with Crippen molar-refractivity contribution in [1.82, 2.24) is 19.7 Å². The van der Waals surface area contributed by atoms with Gasteiger partial charge in [-0.3, -0.25) is 0 Å². The van der Waals surface area contributed by atoms with Crippen molar-refractivity contribution in [3.63, 3.8) is 0 Å². The van der Waals surface area contributed by atoms with Crippen LogP contribution in [0.4, 0.5) is 11.5 Å². The Kier molecular flexibility index (Phi) is 3.98. The Bertz CT molecular complexity index is 1240. The van der Waals surface area contributed by atoms with Crippen molar-refractivity contribution < 1.29 is 0 Å². The molecule has 4 aromatic rings. The first-order valence-electron chi connectivity index (χ1n) is 10.4. The molecular formula is C25H21N5. The van der Waals surface area contributed by atoms with Crippen LogP contribution in [0.3, 0.4) is 0 Å². The quantitative estimate of drug-likeness (QED) is 0.469. The van der Waals surface area contributed by atoms with E-state index in [2.05, 4.69) is 92.5 Å². The summed E-state index contributed by atoms with van der Waals surface area (Å²) in [6.07, 6.45) is 6.49. The number of aromatic nitrogens is 4. The summed E-state index contributed by atoms with van der Waals surface area (Å²) in [7, 11) is 0. The van der Waals surface area contributed by atoms with Gasteiger partial charge in [0.05, 0.1) is 6.54 Å². The Hall–Kier alpha value is -3.73. The smallest absolute Gasteiger partial charge is 0.182 e. The molecule has 0 spiro atoms. The molecule has 146 valence electrons. The first-order valence-corrected chi connectivity index (χ1v) is 10.4. The van der Waals surface area contributed by atoms with E-state index in [1.54, 1.807) is 0 Å². The van der Waals surface area contributed by atoms with Gasteiger partial charge in [0.2, 0.25) is 0 Å². The van der Waals surface area contributed by atoms with E-state index in [0.717, 1.165) is 23.9 Å². The number of fused-ring (bicyclic) bond motifs is 1. The van der Waals surface area contributed by atoms with Crippen LogP contribution in [0.15, 0.2) is 79.1 Å². The molecule has 0 atom stereocenters. The van der Waals surface area contributed by atoms with E-state index < -0.39 is 0 Å². The lowest BCUT2D eigenvalue weighted by Gasteiger charge is -2.31. The van der Waals surface area contributed by atoms with E-state index in [0.29, 0.717) is 6.04 Å². The van der Waals surface area contributed by atoms with Crippen LogP contribution in [-0.4, -0.2) is 26.3 Å². The van der Waals surface area contributed by atoms with Gasteiger partial charge < -0.3 is 9.47 Å². The van der Waals surface area contributed by atoms with Crippen molar-refractivity contribution in [3.05, 3.63) is 90.3 Å². The van der Waals surface area contributed by atoms with E-state index in [1.807, 2.05) is 12.4 Å². The normalized spacial score (nSPS) is 15.6. The second kappa shape index (κ2) is 6.95. The topological polar surface area (TPSA) is 46.8 Å². The van der Waals surface area contributed by atoms with Gasteiger partial charge in [0.1, 0.15) is 17.8 Å². The van der Waals surface area contributed by atoms with Gasteiger partial charge in [0, 0.05) is 11.7 Å². The van der Waals surface area contributed by atoms with E-state index in [9.17, 15) is 0 Å².